The van der Waals surface area contributed by atoms with E-state index in [9.17, 15) is 9.59 Å². The van der Waals surface area contributed by atoms with E-state index in [-0.39, 0.29) is 24.8 Å². The Bertz CT molecular complexity index is 982. The summed E-state index contributed by atoms with van der Waals surface area (Å²) in [6.45, 7) is 3.13. The van der Waals surface area contributed by atoms with Crippen molar-refractivity contribution < 1.29 is 14.0 Å². The zero-order valence-electron chi connectivity index (χ0n) is 15.5. The number of aryl methyl sites for hydroxylation is 2. The number of hydrogen-bond donors (Lipinski definition) is 0. The molecule has 1 fully saturated rings. The fourth-order valence-electron chi connectivity index (χ4n) is 3.14. The van der Waals surface area contributed by atoms with Crippen LogP contribution in [0.15, 0.2) is 46.9 Å². The van der Waals surface area contributed by atoms with Crippen molar-refractivity contribution >= 4 is 28.8 Å². The molecule has 0 unspecified atom stereocenters. The summed E-state index contributed by atoms with van der Waals surface area (Å²) in [5, 5.41) is 8.08. The van der Waals surface area contributed by atoms with Crippen LogP contribution in [0.4, 0.5) is 5.69 Å². The lowest BCUT2D eigenvalue weighted by molar-refractivity contribution is -0.136. The van der Waals surface area contributed by atoms with Gasteiger partial charge in [-0.05, 0) is 31.2 Å². The Kier molecular flexibility index (Phi) is 5.21. The highest BCUT2D eigenvalue weighted by atomic mass is 32.1. The summed E-state index contributed by atoms with van der Waals surface area (Å²) in [4.78, 5) is 30.4. The van der Waals surface area contributed by atoms with Crippen LogP contribution in [0.2, 0.25) is 0 Å². The molecule has 2 amide bonds. The second kappa shape index (κ2) is 7.93. The minimum atomic E-state index is -0.0761. The zero-order chi connectivity index (χ0) is 19.5. The number of hydrogen-bond acceptors (Lipinski definition) is 6. The molecule has 1 aromatic carbocycles. The van der Waals surface area contributed by atoms with E-state index in [4.69, 9.17) is 4.42 Å². The van der Waals surface area contributed by atoms with E-state index in [1.807, 2.05) is 49.4 Å². The van der Waals surface area contributed by atoms with E-state index >= 15 is 0 Å². The first-order valence-corrected chi connectivity index (χ1v) is 9.94. The second-order valence-corrected chi connectivity index (χ2v) is 7.90. The SMILES string of the molecule is Cc1ccc(-c2nnc(CCC(=O)N3CCN(c4ccccc4)C(=O)C3)o2)s1. The monoisotopic (exact) mass is 396 g/mol. The van der Waals surface area contributed by atoms with Crippen LogP contribution < -0.4 is 4.90 Å². The molecule has 1 saturated heterocycles. The number of para-hydroxylation sites is 1. The van der Waals surface area contributed by atoms with Crippen LogP contribution in [0, 0.1) is 6.92 Å². The van der Waals surface area contributed by atoms with Crippen molar-refractivity contribution in [2.24, 2.45) is 0 Å². The number of rotatable bonds is 5. The van der Waals surface area contributed by atoms with Crippen molar-refractivity contribution in [1.82, 2.24) is 15.1 Å². The molecule has 8 heteroatoms. The average Bonchev–Trinajstić information content (AvgIpc) is 3.35. The summed E-state index contributed by atoms with van der Waals surface area (Å²) >= 11 is 1.59. The van der Waals surface area contributed by atoms with Gasteiger partial charge in [0, 0.05) is 36.5 Å². The van der Waals surface area contributed by atoms with Crippen molar-refractivity contribution in [3.8, 4) is 10.8 Å². The number of aromatic nitrogens is 2. The summed E-state index contributed by atoms with van der Waals surface area (Å²) in [5.74, 6) is 0.766. The van der Waals surface area contributed by atoms with Crippen molar-refractivity contribution in [3.05, 3.63) is 53.2 Å². The van der Waals surface area contributed by atoms with Gasteiger partial charge in [0.05, 0.1) is 4.88 Å². The predicted molar refractivity (Wildman–Crippen MR) is 106 cm³/mol. The van der Waals surface area contributed by atoms with Gasteiger partial charge in [0.25, 0.3) is 5.89 Å². The minimum Gasteiger partial charge on any atom is -0.420 e. The predicted octanol–water partition coefficient (Wildman–Crippen LogP) is 2.91. The molecule has 0 atom stereocenters. The van der Waals surface area contributed by atoms with Crippen molar-refractivity contribution in [2.45, 2.75) is 19.8 Å². The summed E-state index contributed by atoms with van der Waals surface area (Å²) in [7, 11) is 0. The summed E-state index contributed by atoms with van der Waals surface area (Å²) in [5.41, 5.74) is 0.863. The van der Waals surface area contributed by atoms with Gasteiger partial charge in [0.2, 0.25) is 17.7 Å². The third-order valence-corrected chi connectivity index (χ3v) is 5.60. The van der Waals surface area contributed by atoms with Crippen molar-refractivity contribution in [1.29, 1.82) is 0 Å². The maximum atomic E-state index is 12.5. The Morgan fingerprint density at radius 3 is 2.68 bits per heavy atom. The lowest BCUT2D eigenvalue weighted by atomic mass is 10.2. The van der Waals surface area contributed by atoms with Gasteiger partial charge in [-0.2, -0.15) is 0 Å². The maximum Gasteiger partial charge on any atom is 0.257 e. The molecule has 144 valence electrons. The van der Waals surface area contributed by atoms with Gasteiger partial charge in [-0.25, -0.2) is 0 Å². The van der Waals surface area contributed by atoms with Gasteiger partial charge in [-0.3, -0.25) is 9.59 Å². The third kappa shape index (κ3) is 3.96. The van der Waals surface area contributed by atoms with Crippen LogP contribution in [0.25, 0.3) is 10.8 Å². The third-order valence-electron chi connectivity index (χ3n) is 4.61. The van der Waals surface area contributed by atoms with Gasteiger partial charge < -0.3 is 14.2 Å². The molecule has 3 aromatic rings. The van der Waals surface area contributed by atoms with Gasteiger partial charge in [-0.1, -0.05) is 18.2 Å². The maximum absolute atomic E-state index is 12.5. The summed E-state index contributed by atoms with van der Waals surface area (Å²) in [6.07, 6.45) is 0.604. The number of amides is 2. The number of carbonyl (C=O) groups excluding carboxylic acids is 2. The zero-order valence-corrected chi connectivity index (χ0v) is 16.3. The molecule has 28 heavy (non-hydrogen) atoms. The van der Waals surface area contributed by atoms with Gasteiger partial charge in [0.1, 0.15) is 6.54 Å². The molecule has 0 aliphatic carbocycles. The van der Waals surface area contributed by atoms with Gasteiger partial charge in [0.15, 0.2) is 0 Å². The lowest BCUT2D eigenvalue weighted by Gasteiger charge is -2.34. The minimum absolute atomic E-state index is 0.0704. The molecular weight excluding hydrogens is 376 g/mol. The molecule has 7 nitrogen and oxygen atoms in total. The van der Waals surface area contributed by atoms with Crippen LogP contribution in [-0.2, 0) is 16.0 Å². The number of anilines is 1. The fraction of sp³-hybridized carbons (Fsp3) is 0.300. The Morgan fingerprint density at radius 1 is 1.14 bits per heavy atom. The van der Waals surface area contributed by atoms with Crippen molar-refractivity contribution in [2.75, 3.05) is 24.5 Å². The van der Waals surface area contributed by atoms with Gasteiger partial charge >= 0.3 is 0 Å². The van der Waals surface area contributed by atoms with Crippen LogP contribution in [0.3, 0.4) is 0 Å². The molecule has 0 bridgehead atoms. The van der Waals surface area contributed by atoms with Crippen LogP contribution in [0.1, 0.15) is 17.2 Å². The smallest absolute Gasteiger partial charge is 0.257 e. The Balaban J connectivity index is 1.31. The van der Waals surface area contributed by atoms with E-state index in [1.54, 1.807) is 21.1 Å². The number of nitrogens with zero attached hydrogens (tertiary/aromatic N) is 4. The van der Waals surface area contributed by atoms with Gasteiger partial charge in [-0.15, -0.1) is 21.5 Å². The number of piperazine rings is 1. The lowest BCUT2D eigenvalue weighted by Crippen LogP contribution is -2.52. The summed E-state index contributed by atoms with van der Waals surface area (Å²) in [6, 6.07) is 13.5. The van der Waals surface area contributed by atoms with E-state index in [1.165, 1.54) is 4.88 Å². The highest BCUT2D eigenvalue weighted by Gasteiger charge is 2.28. The quantitative estimate of drug-likeness (QED) is 0.663. The largest absolute Gasteiger partial charge is 0.420 e. The topological polar surface area (TPSA) is 79.5 Å². The highest BCUT2D eigenvalue weighted by Crippen LogP contribution is 2.26. The molecule has 3 heterocycles. The van der Waals surface area contributed by atoms with Crippen LogP contribution in [0.5, 0.6) is 0 Å². The second-order valence-electron chi connectivity index (χ2n) is 6.61. The summed E-state index contributed by atoms with van der Waals surface area (Å²) < 4.78 is 5.66. The highest BCUT2D eigenvalue weighted by molar-refractivity contribution is 7.15. The molecule has 0 N–H and O–H groups in total. The molecule has 2 aromatic heterocycles. The Hall–Kier alpha value is -3.00. The molecule has 1 aliphatic rings. The van der Waals surface area contributed by atoms with E-state index in [0.717, 1.165) is 10.6 Å². The molecule has 0 spiro atoms. The van der Waals surface area contributed by atoms with E-state index in [2.05, 4.69) is 10.2 Å². The van der Waals surface area contributed by atoms with E-state index < -0.39 is 0 Å². The molecule has 4 rings (SSSR count). The molecular formula is C20H20N4O3S. The first-order valence-electron chi connectivity index (χ1n) is 9.12. The number of benzene rings is 1. The number of carbonyl (C=O) groups is 2. The average molecular weight is 396 g/mol. The van der Waals surface area contributed by atoms with Crippen LogP contribution in [-0.4, -0.2) is 46.5 Å². The number of thiophene rings is 1. The fourth-order valence-corrected chi connectivity index (χ4v) is 3.93. The molecule has 0 radical (unpaired) electrons. The normalized spacial score (nSPS) is 14.5. The first kappa shape index (κ1) is 18.4. The standard InChI is InChI=1S/C20H20N4O3S/c1-14-7-8-16(28-14)20-22-21-17(27-20)9-10-18(25)23-11-12-24(19(26)13-23)15-5-3-2-4-6-15/h2-8H,9-13H2,1H3. The molecule has 1 aliphatic heterocycles. The van der Waals surface area contributed by atoms with Crippen molar-refractivity contribution in [3.63, 3.8) is 0 Å². The first-order chi connectivity index (χ1) is 13.6. The Labute approximate surface area is 166 Å². The van der Waals surface area contributed by atoms with E-state index in [0.29, 0.717) is 31.3 Å². The van der Waals surface area contributed by atoms with Crippen LogP contribution >= 0.6 is 11.3 Å². The molecule has 0 saturated carbocycles. The Morgan fingerprint density at radius 2 is 1.96 bits per heavy atom.